The van der Waals surface area contributed by atoms with Crippen LogP contribution in [0.15, 0.2) is 36.4 Å². The molecule has 2 saturated heterocycles. The largest absolute Gasteiger partial charge is 0.508 e. The summed E-state index contributed by atoms with van der Waals surface area (Å²) in [5, 5.41) is 81.5. The average Bonchev–Trinajstić information content (AvgIpc) is 2.86. The number of rotatable bonds is 6. The number of carbonyl (C=O) groups excluding carboxylic acids is 1. The van der Waals surface area contributed by atoms with Crippen LogP contribution in [-0.2, 0) is 14.2 Å². The number of aliphatic hydroxyl groups is 5. The third-order valence-corrected chi connectivity index (χ3v) is 6.56. The standard InChI is InChI=1S/C25H30O13/c1-9-17(29)19(31)21(33)25(35-9)38-23-10(2)36-24(22(34)20(23)32)37-13-7-14(27)16(15(28)8-13)18(30)11-3-5-12(26)6-4-11/h3-10,17,19-29,31-34H,1-2H3/t9-,10-,17-,19+,20-,21+,22+,23-,24-,25-/m0/s1. The van der Waals surface area contributed by atoms with Crippen LogP contribution in [0.3, 0.4) is 0 Å². The zero-order valence-corrected chi connectivity index (χ0v) is 20.4. The van der Waals surface area contributed by atoms with Gasteiger partial charge in [-0.1, -0.05) is 0 Å². The molecular weight excluding hydrogens is 508 g/mol. The lowest BCUT2D eigenvalue weighted by Crippen LogP contribution is -2.63. The van der Waals surface area contributed by atoms with Crippen LogP contribution in [-0.4, -0.2) is 108 Å². The predicted octanol–water partition coefficient (Wildman–Crippen LogP) is -0.908. The van der Waals surface area contributed by atoms with Gasteiger partial charge in [-0.15, -0.1) is 0 Å². The minimum atomic E-state index is -1.72. The first-order valence-corrected chi connectivity index (χ1v) is 11.8. The van der Waals surface area contributed by atoms with Crippen LogP contribution in [0.5, 0.6) is 23.0 Å². The number of benzene rings is 2. The van der Waals surface area contributed by atoms with Gasteiger partial charge in [-0.3, -0.25) is 4.79 Å². The number of aliphatic hydroxyl groups excluding tert-OH is 5. The molecule has 0 spiro atoms. The van der Waals surface area contributed by atoms with Gasteiger partial charge in [0.2, 0.25) is 12.1 Å². The fourth-order valence-electron chi connectivity index (χ4n) is 4.35. The van der Waals surface area contributed by atoms with Crippen LogP contribution in [0.4, 0.5) is 0 Å². The molecular formula is C25H30O13. The van der Waals surface area contributed by atoms with Crippen molar-refractivity contribution >= 4 is 5.78 Å². The van der Waals surface area contributed by atoms with Crippen LogP contribution < -0.4 is 4.74 Å². The molecule has 2 fully saturated rings. The minimum Gasteiger partial charge on any atom is -0.508 e. The van der Waals surface area contributed by atoms with Crippen molar-refractivity contribution in [2.45, 2.75) is 75.3 Å². The summed E-state index contributed by atoms with van der Waals surface area (Å²) in [4.78, 5) is 12.7. The lowest BCUT2D eigenvalue weighted by atomic mass is 9.97. The van der Waals surface area contributed by atoms with E-state index in [-0.39, 0.29) is 17.1 Å². The summed E-state index contributed by atoms with van der Waals surface area (Å²) in [5.41, 5.74) is -0.317. The molecule has 0 radical (unpaired) electrons. The van der Waals surface area contributed by atoms with Gasteiger partial charge in [-0.25, -0.2) is 0 Å². The lowest BCUT2D eigenvalue weighted by Gasteiger charge is -2.45. The van der Waals surface area contributed by atoms with Gasteiger partial charge in [-0.2, -0.15) is 0 Å². The van der Waals surface area contributed by atoms with Crippen molar-refractivity contribution in [3.05, 3.63) is 47.5 Å². The Morgan fingerprint density at radius 3 is 1.89 bits per heavy atom. The molecule has 8 N–H and O–H groups in total. The van der Waals surface area contributed by atoms with Crippen LogP contribution in [0.1, 0.15) is 29.8 Å². The third-order valence-electron chi connectivity index (χ3n) is 6.56. The number of aromatic hydroxyl groups is 3. The first-order valence-electron chi connectivity index (χ1n) is 11.8. The topological polar surface area (TPSA) is 216 Å². The van der Waals surface area contributed by atoms with E-state index in [1.165, 1.54) is 38.1 Å². The third kappa shape index (κ3) is 5.41. The number of ketones is 1. The molecule has 2 heterocycles. The molecule has 0 amide bonds. The molecule has 0 unspecified atom stereocenters. The maximum absolute atomic E-state index is 12.7. The Labute approximate surface area is 216 Å². The molecule has 0 aliphatic carbocycles. The van der Waals surface area contributed by atoms with Gasteiger partial charge in [0.05, 0.1) is 12.2 Å². The van der Waals surface area contributed by atoms with E-state index in [4.69, 9.17) is 18.9 Å². The average molecular weight is 539 g/mol. The molecule has 0 saturated carbocycles. The summed E-state index contributed by atoms with van der Waals surface area (Å²) in [6.45, 7) is 2.94. The van der Waals surface area contributed by atoms with Crippen LogP contribution in [0.25, 0.3) is 0 Å². The molecule has 38 heavy (non-hydrogen) atoms. The van der Waals surface area contributed by atoms with E-state index in [1.54, 1.807) is 0 Å². The van der Waals surface area contributed by atoms with Crippen molar-refractivity contribution in [2.75, 3.05) is 0 Å². The molecule has 13 heteroatoms. The van der Waals surface area contributed by atoms with Crippen molar-refractivity contribution < 1.29 is 64.6 Å². The number of phenolic OH excluding ortho intramolecular Hbond substituents is 3. The minimum absolute atomic E-state index is 0.0674. The van der Waals surface area contributed by atoms with E-state index >= 15 is 0 Å². The summed E-state index contributed by atoms with van der Waals surface area (Å²) < 4.78 is 22.1. The van der Waals surface area contributed by atoms with Crippen LogP contribution >= 0.6 is 0 Å². The molecule has 2 aromatic rings. The SMILES string of the molecule is C[C@@H]1O[C@@H](O[C@@H]2[C@@H](O)[C@@H](O)[C@H](Oc3cc(O)c(C(=O)c4ccc(O)cc4)c(O)c3)O[C@H]2C)[C@H](O)[C@H](O)[C@H]1O. The number of ether oxygens (including phenoxy) is 4. The second-order valence-corrected chi connectivity index (χ2v) is 9.30. The number of phenols is 3. The highest BCUT2D eigenvalue weighted by molar-refractivity contribution is 6.12. The maximum Gasteiger partial charge on any atom is 0.229 e. The zero-order valence-electron chi connectivity index (χ0n) is 20.4. The Balaban J connectivity index is 1.46. The quantitative estimate of drug-likeness (QED) is 0.209. The Hall–Kier alpha value is -3.01. The van der Waals surface area contributed by atoms with Crippen molar-refractivity contribution in [1.82, 2.24) is 0 Å². The number of carbonyl (C=O) groups is 1. The van der Waals surface area contributed by atoms with E-state index in [0.29, 0.717) is 0 Å². The van der Waals surface area contributed by atoms with Crippen molar-refractivity contribution in [2.24, 2.45) is 0 Å². The van der Waals surface area contributed by atoms with Crippen molar-refractivity contribution in [3.8, 4) is 23.0 Å². The van der Waals surface area contributed by atoms with Crippen LogP contribution in [0, 0.1) is 0 Å². The Bertz CT molecular complexity index is 1120. The van der Waals surface area contributed by atoms with Gasteiger partial charge in [0.15, 0.2) is 6.29 Å². The summed E-state index contributed by atoms with van der Waals surface area (Å²) in [6.07, 6.45) is -13.9. The first kappa shape index (κ1) is 28.0. The summed E-state index contributed by atoms with van der Waals surface area (Å²) in [7, 11) is 0. The molecule has 0 aromatic heterocycles. The Morgan fingerprint density at radius 1 is 0.737 bits per heavy atom. The normalized spacial score (nSPS) is 35.6. The van der Waals surface area contributed by atoms with E-state index < -0.39 is 84.3 Å². The summed E-state index contributed by atoms with van der Waals surface area (Å²) in [5.74, 6) is -2.24. The molecule has 2 aromatic carbocycles. The molecule has 208 valence electrons. The first-order chi connectivity index (χ1) is 17.9. The van der Waals surface area contributed by atoms with E-state index in [2.05, 4.69) is 0 Å². The predicted molar refractivity (Wildman–Crippen MR) is 126 cm³/mol. The number of hydrogen-bond donors (Lipinski definition) is 8. The molecule has 4 rings (SSSR count). The second-order valence-electron chi connectivity index (χ2n) is 9.30. The van der Waals surface area contributed by atoms with E-state index in [1.807, 2.05) is 0 Å². The maximum atomic E-state index is 12.7. The number of hydrogen-bond acceptors (Lipinski definition) is 13. The molecule has 10 atom stereocenters. The Kier molecular flexibility index (Phi) is 8.11. The van der Waals surface area contributed by atoms with Gasteiger partial charge >= 0.3 is 0 Å². The smallest absolute Gasteiger partial charge is 0.229 e. The second kappa shape index (κ2) is 11.0. The molecule has 2 aliphatic rings. The Morgan fingerprint density at radius 2 is 1.29 bits per heavy atom. The highest BCUT2D eigenvalue weighted by atomic mass is 16.7. The van der Waals surface area contributed by atoms with Gasteiger partial charge < -0.3 is 59.8 Å². The van der Waals surface area contributed by atoms with E-state index in [0.717, 1.165) is 12.1 Å². The monoisotopic (exact) mass is 538 g/mol. The molecule has 2 aliphatic heterocycles. The highest BCUT2D eigenvalue weighted by Crippen LogP contribution is 2.36. The van der Waals surface area contributed by atoms with Gasteiger partial charge in [-0.05, 0) is 38.1 Å². The van der Waals surface area contributed by atoms with E-state index in [9.17, 15) is 45.6 Å². The van der Waals surface area contributed by atoms with Gasteiger partial charge in [0.1, 0.15) is 65.2 Å². The fraction of sp³-hybridized carbons (Fsp3) is 0.480. The summed E-state index contributed by atoms with van der Waals surface area (Å²) in [6, 6.07) is 7.21. The highest BCUT2D eigenvalue weighted by Gasteiger charge is 2.49. The van der Waals surface area contributed by atoms with Crippen molar-refractivity contribution in [1.29, 1.82) is 0 Å². The lowest BCUT2D eigenvalue weighted by molar-refractivity contribution is -0.345. The van der Waals surface area contributed by atoms with Gasteiger partial charge in [0, 0.05) is 17.7 Å². The van der Waals surface area contributed by atoms with Gasteiger partial charge in [0.25, 0.3) is 0 Å². The van der Waals surface area contributed by atoms with Crippen molar-refractivity contribution in [3.63, 3.8) is 0 Å². The fourth-order valence-corrected chi connectivity index (χ4v) is 4.35. The van der Waals surface area contributed by atoms with Crippen LogP contribution in [0.2, 0.25) is 0 Å². The molecule has 0 bridgehead atoms. The molecule has 13 nitrogen and oxygen atoms in total. The summed E-state index contributed by atoms with van der Waals surface area (Å²) >= 11 is 0. The zero-order chi connectivity index (χ0) is 27.9.